The van der Waals surface area contributed by atoms with E-state index >= 15 is 0 Å². The number of carbonyl (C=O) groups excluding carboxylic acids is 1. The van der Waals surface area contributed by atoms with Gasteiger partial charge in [-0.15, -0.1) is 0 Å². The summed E-state index contributed by atoms with van der Waals surface area (Å²) in [5, 5.41) is 7.66. The van der Waals surface area contributed by atoms with E-state index in [1.54, 1.807) is 0 Å². The Morgan fingerprint density at radius 2 is 1.55 bits per heavy atom. The van der Waals surface area contributed by atoms with Crippen molar-refractivity contribution in [2.45, 2.75) is 0 Å². The molecule has 2 aromatic carbocycles. The van der Waals surface area contributed by atoms with E-state index in [0.29, 0.717) is 11.4 Å². The van der Waals surface area contributed by atoms with Crippen molar-refractivity contribution >= 4 is 22.9 Å². The maximum Gasteiger partial charge on any atom is 0.323 e. The van der Waals surface area contributed by atoms with Gasteiger partial charge in [-0.3, -0.25) is 0 Å². The molecule has 1 heterocycles. The van der Waals surface area contributed by atoms with Crippen LogP contribution in [0.15, 0.2) is 72.6 Å². The molecular weight excluding hydrogens is 248 g/mol. The Bertz CT molecular complexity index is 749. The van der Waals surface area contributed by atoms with Crippen molar-refractivity contribution in [1.29, 1.82) is 0 Å². The Morgan fingerprint density at radius 1 is 0.900 bits per heavy atom. The van der Waals surface area contributed by atoms with Crippen molar-refractivity contribution in [3.63, 3.8) is 0 Å². The normalized spacial score (nSPS) is 15.0. The molecular formula is C17H14N2O. The standard InChI is InChI=1S/C17H14N2O/c1-11-16(12(2)19-17(20)18-11)10-13-7-8-14-5-3-4-6-15(14)9-13/h3-10H,1-2H2,(H2,18,19,20). The Morgan fingerprint density at radius 3 is 2.25 bits per heavy atom. The third kappa shape index (κ3) is 2.21. The van der Waals surface area contributed by atoms with Gasteiger partial charge in [0, 0.05) is 17.0 Å². The lowest BCUT2D eigenvalue weighted by atomic mass is 10.0. The highest BCUT2D eigenvalue weighted by molar-refractivity contribution is 5.88. The van der Waals surface area contributed by atoms with Gasteiger partial charge in [-0.2, -0.15) is 0 Å². The van der Waals surface area contributed by atoms with Crippen molar-refractivity contribution in [2.75, 3.05) is 0 Å². The Labute approximate surface area is 117 Å². The first kappa shape index (κ1) is 12.2. The van der Waals surface area contributed by atoms with E-state index in [4.69, 9.17) is 0 Å². The van der Waals surface area contributed by atoms with Crippen LogP contribution in [0.25, 0.3) is 16.8 Å². The lowest BCUT2D eigenvalue weighted by Crippen LogP contribution is -2.40. The molecule has 3 rings (SSSR count). The predicted molar refractivity (Wildman–Crippen MR) is 81.9 cm³/mol. The van der Waals surface area contributed by atoms with Gasteiger partial charge in [0.1, 0.15) is 0 Å². The Hall–Kier alpha value is -2.81. The first-order valence-electron chi connectivity index (χ1n) is 6.30. The van der Waals surface area contributed by atoms with E-state index in [2.05, 4.69) is 48.1 Å². The molecule has 0 saturated carbocycles. The van der Waals surface area contributed by atoms with Gasteiger partial charge in [-0.05, 0) is 28.5 Å². The second-order valence-corrected chi connectivity index (χ2v) is 4.70. The molecule has 0 radical (unpaired) electrons. The van der Waals surface area contributed by atoms with Crippen molar-refractivity contribution in [3.05, 3.63) is 78.2 Å². The molecule has 0 atom stereocenters. The van der Waals surface area contributed by atoms with Crippen LogP contribution in [0.2, 0.25) is 0 Å². The second-order valence-electron chi connectivity index (χ2n) is 4.70. The monoisotopic (exact) mass is 262 g/mol. The largest absolute Gasteiger partial charge is 0.323 e. The fourth-order valence-corrected chi connectivity index (χ4v) is 2.26. The lowest BCUT2D eigenvalue weighted by molar-refractivity contribution is 0.245. The summed E-state index contributed by atoms with van der Waals surface area (Å²) in [5.41, 5.74) is 2.97. The Balaban J connectivity index is 2.03. The van der Waals surface area contributed by atoms with Crippen LogP contribution in [0, 0.1) is 0 Å². The molecule has 2 amide bonds. The van der Waals surface area contributed by atoms with Gasteiger partial charge < -0.3 is 10.6 Å². The number of carbonyl (C=O) groups is 1. The van der Waals surface area contributed by atoms with Crippen LogP contribution in [0.1, 0.15) is 5.56 Å². The molecule has 3 heteroatoms. The zero-order valence-corrected chi connectivity index (χ0v) is 10.9. The molecule has 0 bridgehead atoms. The third-order valence-corrected chi connectivity index (χ3v) is 3.26. The molecule has 1 aliphatic heterocycles. The molecule has 2 N–H and O–H groups in total. The van der Waals surface area contributed by atoms with Gasteiger partial charge in [0.2, 0.25) is 0 Å². The number of nitrogens with one attached hydrogen (secondary N) is 2. The molecule has 0 spiro atoms. The number of hydrogen-bond donors (Lipinski definition) is 2. The summed E-state index contributed by atoms with van der Waals surface area (Å²) >= 11 is 0. The zero-order chi connectivity index (χ0) is 14.1. The van der Waals surface area contributed by atoms with Gasteiger partial charge in [-0.1, -0.05) is 49.6 Å². The molecule has 1 saturated heterocycles. The van der Waals surface area contributed by atoms with Gasteiger partial charge in [0.05, 0.1) is 0 Å². The summed E-state index contributed by atoms with van der Waals surface area (Å²) in [7, 11) is 0. The van der Waals surface area contributed by atoms with Crippen LogP contribution >= 0.6 is 0 Å². The van der Waals surface area contributed by atoms with Gasteiger partial charge in [0.15, 0.2) is 0 Å². The topological polar surface area (TPSA) is 41.1 Å². The minimum absolute atomic E-state index is 0.296. The number of fused-ring (bicyclic) bond motifs is 1. The maximum absolute atomic E-state index is 11.3. The number of benzene rings is 2. The van der Waals surface area contributed by atoms with Crippen molar-refractivity contribution in [3.8, 4) is 0 Å². The summed E-state index contributed by atoms with van der Waals surface area (Å²) in [6.45, 7) is 7.71. The van der Waals surface area contributed by atoms with E-state index in [-0.39, 0.29) is 6.03 Å². The quantitative estimate of drug-likeness (QED) is 0.810. The molecule has 98 valence electrons. The van der Waals surface area contributed by atoms with Crippen molar-refractivity contribution < 1.29 is 4.79 Å². The minimum Gasteiger partial charge on any atom is -0.308 e. The predicted octanol–water partition coefficient (Wildman–Crippen LogP) is 3.56. The molecule has 1 aliphatic rings. The summed E-state index contributed by atoms with van der Waals surface area (Å²) in [6.07, 6.45) is 1.96. The third-order valence-electron chi connectivity index (χ3n) is 3.26. The minimum atomic E-state index is -0.296. The number of urea groups is 1. The van der Waals surface area contributed by atoms with E-state index in [9.17, 15) is 4.79 Å². The molecule has 20 heavy (non-hydrogen) atoms. The maximum atomic E-state index is 11.3. The second kappa shape index (κ2) is 4.70. The van der Waals surface area contributed by atoms with Crippen molar-refractivity contribution in [1.82, 2.24) is 10.6 Å². The summed E-state index contributed by atoms with van der Waals surface area (Å²) in [6, 6.07) is 14.1. The Kier molecular flexibility index (Phi) is 2.88. The number of amides is 2. The molecule has 3 nitrogen and oxygen atoms in total. The summed E-state index contributed by atoms with van der Waals surface area (Å²) in [5.74, 6) is 0. The highest BCUT2D eigenvalue weighted by Gasteiger charge is 2.18. The van der Waals surface area contributed by atoms with Crippen LogP contribution in [0.4, 0.5) is 4.79 Å². The molecule has 0 aromatic heterocycles. The SMILES string of the molecule is C=C1NC(=O)NC(=C)C1=Cc1ccc2ccccc2c1. The molecule has 0 unspecified atom stereocenters. The molecule has 2 aromatic rings. The first-order valence-corrected chi connectivity index (χ1v) is 6.30. The van der Waals surface area contributed by atoms with Crippen molar-refractivity contribution in [2.24, 2.45) is 0 Å². The van der Waals surface area contributed by atoms with Crippen LogP contribution < -0.4 is 10.6 Å². The van der Waals surface area contributed by atoms with E-state index < -0.39 is 0 Å². The van der Waals surface area contributed by atoms with Crippen LogP contribution in [-0.2, 0) is 0 Å². The fraction of sp³-hybridized carbons (Fsp3) is 0. The van der Waals surface area contributed by atoms with Gasteiger partial charge in [-0.25, -0.2) is 4.79 Å². The van der Waals surface area contributed by atoms with E-state index in [0.717, 1.165) is 11.1 Å². The summed E-state index contributed by atoms with van der Waals surface area (Å²) in [4.78, 5) is 11.3. The average Bonchev–Trinajstić information content (AvgIpc) is 2.42. The molecule has 0 aliphatic carbocycles. The number of rotatable bonds is 1. The lowest BCUT2D eigenvalue weighted by Gasteiger charge is -2.21. The average molecular weight is 262 g/mol. The van der Waals surface area contributed by atoms with Crippen LogP contribution in [0.3, 0.4) is 0 Å². The smallest absolute Gasteiger partial charge is 0.308 e. The zero-order valence-electron chi connectivity index (χ0n) is 10.9. The summed E-state index contributed by atoms with van der Waals surface area (Å²) < 4.78 is 0. The first-order chi connectivity index (χ1) is 9.63. The fourth-order valence-electron chi connectivity index (χ4n) is 2.26. The van der Waals surface area contributed by atoms with Crippen LogP contribution in [-0.4, -0.2) is 6.03 Å². The van der Waals surface area contributed by atoms with Gasteiger partial charge in [0.25, 0.3) is 0 Å². The van der Waals surface area contributed by atoms with E-state index in [1.165, 1.54) is 10.8 Å². The molecule has 1 fully saturated rings. The van der Waals surface area contributed by atoms with Gasteiger partial charge >= 0.3 is 6.03 Å². The highest BCUT2D eigenvalue weighted by atomic mass is 16.2. The highest BCUT2D eigenvalue weighted by Crippen LogP contribution is 2.22. The number of hydrogen-bond acceptors (Lipinski definition) is 1. The van der Waals surface area contributed by atoms with E-state index in [1.807, 2.05) is 24.3 Å². The van der Waals surface area contributed by atoms with Crippen LogP contribution in [0.5, 0.6) is 0 Å².